The fraction of sp³-hybridized carbons (Fsp3) is 0.524. The highest BCUT2D eigenvalue weighted by atomic mass is 16.5. The van der Waals surface area contributed by atoms with Gasteiger partial charge in [0.25, 0.3) is 0 Å². The molecule has 0 radical (unpaired) electrons. The van der Waals surface area contributed by atoms with Gasteiger partial charge in [0, 0.05) is 43.4 Å². The predicted octanol–water partition coefficient (Wildman–Crippen LogP) is 3.04. The molecule has 5 heteroatoms. The van der Waals surface area contributed by atoms with Gasteiger partial charge in [0.05, 0.1) is 23.3 Å². The van der Waals surface area contributed by atoms with E-state index in [1.165, 1.54) is 19.5 Å². The first-order valence-corrected chi connectivity index (χ1v) is 9.54. The van der Waals surface area contributed by atoms with Crippen molar-refractivity contribution in [3.63, 3.8) is 0 Å². The SMILES string of the molecule is C[C@@H]1CCN(C[C@H]2CN(c3ccc(C#N)c4ncccc34)C[C@@H](C)O2)C1. The van der Waals surface area contributed by atoms with Crippen molar-refractivity contribution in [2.45, 2.75) is 32.5 Å². The number of nitriles is 1. The van der Waals surface area contributed by atoms with Gasteiger partial charge in [-0.25, -0.2) is 0 Å². The summed E-state index contributed by atoms with van der Waals surface area (Å²) in [4.78, 5) is 9.39. The van der Waals surface area contributed by atoms with Gasteiger partial charge in [0.2, 0.25) is 0 Å². The van der Waals surface area contributed by atoms with Gasteiger partial charge in [-0.1, -0.05) is 6.92 Å². The van der Waals surface area contributed by atoms with Crippen molar-refractivity contribution in [2.75, 3.05) is 37.6 Å². The highest BCUT2D eigenvalue weighted by Crippen LogP contribution is 2.30. The molecule has 0 unspecified atom stereocenters. The average Bonchev–Trinajstić information content (AvgIpc) is 3.05. The molecular weight excluding hydrogens is 324 g/mol. The maximum Gasteiger partial charge on any atom is 0.101 e. The number of pyridine rings is 1. The van der Waals surface area contributed by atoms with Gasteiger partial charge < -0.3 is 14.5 Å². The third kappa shape index (κ3) is 3.40. The van der Waals surface area contributed by atoms with E-state index in [0.717, 1.165) is 42.1 Å². The van der Waals surface area contributed by atoms with E-state index in [1.54, 1.807) is 6.20 Å². The Labute approximate surface area is 155 Å². The molecule has 3 heterocycles. The van der Waals surface area contributed by atoms with Gasteiger partial charge in [0.15, 0.2) is 0 Å². The van der Waals surface area contributed by atoms with Crippen LogP contribution in [0.5, 0.6) is 0 Å². The zero-order chi connectivity index (χ0) is 18.1. The molecule has 5 nitrogen and oxygen atoms in total. The van der Waals surface area contributed by atoms with Gasteiger partial charge in [-0.15, -0.1) is 0 Å². The average molecular weight is 350 g/mol. The topological polar surface area (TPSA) is 52.4 Å². The third-order valence-electron chi connectivity index (χ3n) is 5.50. The molecule has 2 aliphatic heterocycles. The van der Waals surface area contributed by atoms with Gasteiger partial charge >= 0.3 is 0 Å². The smallest absolute Gasteiger partial charge is 0.101 e. The number of aromatic nitrogens is 1. The Balaban J connectivity index is 1.59. The molecule has 2 aromatic rings. The summed E-state index contributed by atoms with van der Waals surface area (Å²) in [5.41, 5.74) is 2.58. The van der Waals surface area contributed by atoms with Crippen LogP contribution in [-0.4, -0.2) is 54.8 Å². The number of hydrogen-bond donors (Lipinski definition) is 0. The fourth-order valence-electron chi connectivity index (χ4n) is 4.35. The van der Waals surface area contributed by atoms with Crippen molar-refractivity contribution in [1.29, 1.82) is 5.26 Å². The number of benzene rings is 1. The molecule has 2 fully saturated rings. The van der Waals surface area contributed by atoms with Crippen molar-refractivity contribution >= 4 is 16.6 Å². The van der Waals surface area contributed by atoms with Crippen LogP contribution >= 0.6 is 0 Å². The molecule has 1 aromatic heterocycles. The van der Waals surface area contributed by atoms with Crippen LogP contribution in [0.4, 0.5) is 5.69 Å². The van der Waals surface area contributed by atoms with E-state index in [1.807, 2.05) is 12.1 Å². The zero-order valence-corrected chi connectivity index (χ0v) is 15.6. The molecule has 0 N–H and O–H groups in total. The molecule has 136 valence electrons. The maximum atomic E-state index is 9.37. The number of nitrogens with zero attached hydrogens (tertiary/aromatic N) is 4. The van der Waals surface area contributed by atoms with Crippen molar-refractivity contribution in [1.82, 2.24) is 9.88 Å². The molecule has 26 heavy (non-hydrogen) atoms. The highest BCUT2D eigenvalue weighted by molar-refractivity contribution is 5.95. The van der Waals surface area contributed by atoms with Crippen LogP contribution in [0, 0.1) is 17.2 Å². The van der Waals surface area contributed by atoms with E-state index >= 15 is 0 Å². The Morgan fingerprint density at radius 3 is 2.88 bits per heavy atom. The van der Waals surface area contributed by atoms with E-state index in [-0.39, 0.29) is 12.2 Å². The number of likely N-dealkylation sites (tertiary alicyclic amines) is 1. The highest BCUT2D eigenvalue weighted by Gasteiger charge is 2.30. The minimum atomic E-state index is 0.191. The minimum Gasteiger partial charge on any atom is -0.370 e. The lowest BCUT2D eigenvalue weighted by Crippen LogP contribution is -2.50. The van der Waals surface area contributed by atoms with E-state index in [0.29, 0.717) is 5.56 Å². The molecule has 1 aromatic carbocycles. The Morgan fingerprint density at radius 2 is 2.12 bits per heavy atom. The lowest BCUT2D eigenvalue weighted by atomic mass is 10.1. The van der Waals surface area contributed by atoms with E-state index in [4.69, 9.17) is 4.74 Å². The molecule has 3 atom stereocenters. The Morgan fingerprint density at radius 1 is 1.23 bits per heavy atom. The lowest BCUT2D eigenvalue weighted by Gasteiger charge is -2.40. The van der Waals surface area contributed by atoms with Crippen LogP contribution in [0.15, 0.2) is 30.5 Å². The molecule has 0 spiro atoms. The fourth-order valence-corrected chi connectivity index (χ4v) is 4.35. The minimum absolute atomic E-state index is 0.191. The van der Waals surface area contributed by atoms with Crippen LogP contribution in [-0.2, 0) is 4.74 Å². The summed E-state index contributed by atoms with van der Waals surface area (Å²) >= 11 is 0. The van der Waals surface area contributed by atoms with Crippen molar-refractivity contribution < 1.29 is 4.74 Å². The number of rotatable bonds is 3. The van der Waals surface area contributed by atoms with Crippen LogP contribution in [0.2, 0.25) is 0 Å². The number of morpholine rings is 1. The molecule has 0 bridgehead atoms. The Bertz CT molecular complexity index is 830. The molecule has 0 saturated carbocycles. The quantitative estimate of drug-likeness (QED) is 0.852. The van der Waals surface area contributed by atoms with Gasteiger partial charge in [0.1, 0.15) is 6.07 Å². The Hall–Kier alpha value is -2.16. The van der Waals surface area contributed by atoms with Gasteiger partial charge in [-0.2, -0.15) is 5.26 Å². The first-order chi connectivity index (χ1) is 12.6. The predicted molar refractivity (Wildman–Crippen MR) is 103 cm³/mol. The molecule has 2 saturated heterocycles. The number of anilines is 1. The largest absolute Gasteiger partial charge is 0.370 e. The maximum absolute atomic E-state index is 9.37. The van der Waals surface area contributed by atoms with Crippen LogP contribution in [0.3, 0.4) is 0 Å². The summed E-state index contributed by atoms with van der Waals surface area (Å²) in [7, 11) is 0. The summed E-state index contributed by atoms with van der Waals surface area (Å²) < 4.78 is 6.24. The van der Waals surface area contributed by atoms with Crippen molar-refractivity contribution in [3.05, 3.63) is 36.0 Å². The molecular formula is C21H26N4O. The zero-order valence-electron chi connectivity index (χ0n) is 15.6. The molecule has 4 rings (SSSR count). The van der Waals surface area contributed by atoms with Crippen molar-refractivity contribution in [3.8, 4) is 6.07 Å². The normalized spacial score (nSPS) is 27.0. The van der Waals surface area contributed by atoms with Crippen LogP contribution in [0.1, 0.15) is 25.8 Å². The second-order valence-corrected chi connectivity index (χ2v) is 7.77. The summed E-state index contributed by atoms with van der Waals surface area (Å²) in [5, 5.41) is 10.4. The van der Waals surface area contributed by atoms with E-state index < -0.39 is 0 Å². The van der Waals surface area contributed by atoms with Crippen molar-refractivity contribution in [2.24, 2.45) is 5.92 Å². The summed E-state index contributed by atoms with van der Waals surface area (Å²) in [6.45, 7) is 9.57. The molecule has 0 aliphatic carbocycles. The Kier molecular flexibility index (Phi) is 4.80. The summed E-state index contributed by atoms with van der Waals surface area (Å²) in [5.74, 6) is 0.792. The monoisotopic (exact) mass is 350 g/mol. The third-order valence-corrected chi connectivity index (χ3v) is 5.50. The summed E-state index contributed by atoms with van der Waals surface area (Å²) in [6, 6.07) is 10.2. The van der Waals surface area contributed by atoms with Crippen LogP contribution in [0.25, 0.3) is 10.9 Å². The van der Waals surface area contributed by atoms with Gasteiger partial charge in [-0.05, 0) is 50.1 Å². The first kappa shape index (κ1) is 17.3. The number of fused-ring (bicyclic) bond motifs is 1. The molecule has 0 amide bonds. The van der Waals surface area contributed by atoms with E-state index in [9.17, 15) is 5.26 Å². The second-order valence-electron chi connectivity index (χ2n) is 7.77. The number of ether oxygens (including phenoxy) is 1. The van der Waals surface area contributed by atoms with Crippen LogP contribution < -0.4 is 4.90 Å². The second kappa shape index (κ2) is 7.22. The first-order valence-electron chi connectivity index (χ1n) is 9.54. The van der Waals surface area contributed by atoms with E-state index in [2.05, 4.69) is 46.8 Å². The lowest BCUT2D eigenvalue weighted by molar-refractivity contribution is -0.0297. The van der Waals surface area contributed by atoms with Gasteiger partial charge in [-0.3, -0.25) is 4.98 Å². The standard InChI is InChI=1S/C21H26N4O/c1-15-7-9-24(11-15)13-18-14-25(12-16(2)26-18)20-6-5-17(10-22)21-19(20)4-3-8-23-21/h3-6,8,15-16,18H,7,9,11-14H2,1-2H3/t15-,16-,18+/m1/s1. The molecule has 2 aliphatic rings. The summed E-state index contributed by atoms with van der Waals surface area (Å²) in [6.07, 6.45) is 3.45. The number of hydrogen-bond acceptors (Lipinski definition) is 5.